The summed E-state index contributed by atoms with van der Waals surface area (Å²) >= 11 is 16.9. The van der Waals surface area contributed by atoms with Crippen molar-refractivity contribution in [1.82, 2.24) is 9.97 Å². The fourth-order valence-corrected chi connectivity index (χ4v) is 1.57. The van der Waals surface area contributed by atoms with Crippen molar-refractivity contribution in [2.75, 3.05) is 0 Å². The largest absolute Gasteiger partial charge is 0.414 e. The molecule has 0 aliphatic rings. The number of nitro groups is 1. The van der Waals surface area contributed by atoms with Crippen LogP contribution in [0.5, 0.6) is 0 Å². The zero-order valence-electron chi connectivity index (χ0n) is 8.10. The second kappa shape index (κ2) is 4.25. The molecule has 0 unspecified atom stereocenters. The van der Waals surface area contributed by atoms with E-state index in [0.29, 0.717) is 16.1 Å². The monoisotopic (exact) mass is 291 g/mol. The highest BCUT2D eigenvalue weighted by Gasteiger charge is 2.42. The first-order valence-electron chi connectivity index (χ1n) is 4.36. The van der Waals surface area contributed by atoms with Gasteiger partial charge in [-0.2, -0.15) is 0 Å². The Bertz CT molecular complexity index is 603. The van der Waals surface area contributed by atoms with Crippen LogP contribution in [-0.4, -0.2) is 14.9 Å². The third kappa shape index (κ3) is 2.26. The maximum atomic E-state index is 10.7. The minimum Gasteiger partial charge on any atom is -0.261 e. The lowest BCUT2D eigenvalue weighted by Crippen LogP contribution is -2.23. The molecule has 1 heterocycles. The normalized spacial score (nSPS) is 11.7. The molecule has 0 fully saturated rings. The van der Waals surface area contributed by atoms with Crippen LogP contribution >= 0.6 is 34.8 Å². The van der Waals surface area contributed by atoms with Crippen molar-refractivity contribution in [2.45, 2.75) is 4.46 Å². The Morgan fingerprint density at radius 1 is 1.29 bits per heavy atom. The van der Waals surface area contributed by atoms with Crippen molar-refractivity contribution in [3.05, 3.63) is 45.2 Å². The maximum Gasteiger partial charge on any atom is 0.414 e. The van der Waals surface area contributed by atoms with Crippen LogP contribution < -0.4 is 0 Å². The van der Waals surface area contributed by atoms with Crippen LogP contribution in [0.4, 0.5) is 0 Å². The van der Waals surface area contributed by atoms with Crippen molar-refractivity contribution in [3.8, 4) is 0 Å². The predicted octanol–water partition coefficient (Wildman–Crippen LogP) is 3.15. The summed E-state index contributed by atoms with van der Waals surface area (Å²) in [5.41, 5.74) is 0.800. The van der Waals surface area contributed by atoms with Gasteiger partial charge in [0, 0.05) is 5.02 Å². The van der Waals surface area contributed by atoms with Crippen molar-refractivity contribution in [1.29, 1.82) is 0 Å². The van der Waals surface area contributed by atoms with E-state index in [1.807, 2.05) is 0 Å². The second-order valence-electron chi connectivity index (χ2n) is 3.19. The lowest BCUT2D eigenvalue weighted by atomic mass is 10.3. The molecule has 5 nitrogen and oxygen atoms in total. The molecule has 8 heteroatoms. The summed E-state index contributed by atoms with van der Waals surface area (Å²) in [5.74, 6) is 0. The van der Waals surface area contributed by atoms with Gasteiger partial charge in [0.1, 0.15) is 0 Å². The molecule has 17 heavy (non-hydrogen) atoms. The first kappa shape index (κ1) is 12.3. The van der Waals surface area contributed by atoms with E-state index >= 15 is 0 Å². The Kier molecular flexibility index (Phi) is 3.07. The molecule has 1 aromatic heterocycles. The van der Waals surface area contributed by atoms with Crippen LogP contribution in [0.2, 0.25) is 5.02 Å². The minimum absolute atomic E-state index is 0.138. The lowest BCUT2D eigenvalue weighted by Gasteiger charge is -2.09. The van der Waals surface area contributed by atoms with Gasteiger partial charge < -0.3 is 0 Å². The zero-order valence-corrected chi connectivity index (χ0v) is 10.4. The number of aromatic nitrogens is 2. The maximum absolute atomic E-state index is 10.7. The topological polar surface area (TPSA) is 68.9 Å². The number of alkyl halides is 2. The summed E-state index contributed by atoms with van der Waals surface area (Å²) in [4.78, 5) is 17.8. The van der Waals surface area contributed by atoms with Gasteiger partial charge in [0.2, 0.25) is 0 Å². The number of hydrogen-bond donors (Lipinski definition) is 0. The Morgan fingerprint density at radius 2 is 2.00 bits per heavy atom. The van der Waals surface area contributed by atoms with Gasteiger partial charge in [-0.25, -0.2) is 4.98 Å². The summed E-state index contributed by atoms with van der Waals surface area (Å²) in [7, 11) is 0. The molecule has 2 rings (SSSR count). The van der Waals surface area contributed by atoms with Crippen LogP contribution in [0.3, 0.4) is 0 Å². The van der Waals surface area contributed by atoms with E-state index in [-0.39, 0.29) is 5.69 Å². The van der Waals surface area contributed by atoms with Crippen LogP contribution in [0.15, 0.2) is 24.4 Å². The Labute approximate surface area is 110 Å². The third-order valence-electron chi connectivity index (χ3n) is 2.04. The van der Waals surface area contributed by atoms with E-state index < -0.39 is 9.38 Å². The molecule has 0 aliphatic carbocycles. The summed E-state index contributed by atoms with van der Waals surface area (Å²) in [5, 5.41) is 11.2. The van der Waals surface area contributed by atoms with Gasteiger partial charge in [-0.1, -0.05) is 11.6 Å². The molecular formula is C9H4Cl3N3O2. The molecule has 0 spiro atoms. The molecule has 88 valence electrons. The number of fused-ring (bicyclic) bond motifs is 1. The summed E-state index contributed by atoms with van der Waals surface area (Å²) in [6, 6.07) is 4.76. The predicted molar refractivity (Wildman–Crippen MR) is 64.9 cm³/mol. The molecule has 1 aromatic carbocycles. The highest BCUT2D eigenvalue weighted by atomic mass is 35.5. The van der Waals surface area contributed by atoms with Crippen LogP contribution in [-0.2, 0) is 4.46 Å². The number of halogens is 3. The zero-order chi connectivity index (χ0) is 12.6. The van der Waals surface area contributed by atoms with Gasteiger partial charge in [-0.15, -0.1) is 0 Å². The smallest absolute Gasteiger partial charge is 0.261 e. The number of rotatable bonds is 2. The van der Waals surface area contributed by atoms with Gasteiger partial charge in [-0.05, 0) is 41.4 Å². The highest BCUT2D eigenvalue weighted by Crippen LogP contribution is 2.33. The van der Waals surface area contributed by atoms with Crippen molar-refractivity contribution < 1.29 is 4.92 Å². The number of nitrogens with zero attached hydrogens (tertiary/aromatic N) is 3. The molecule has 0 saturated carbocycles. The van der Waals surface area contributed by atoms with Crippen molar-refractivity contribution >= 4 is 45.8 Å². The van der Waals surface area contributed by atoms with Gasteiger partial charge in [0.25, 0.3) is 0 Å². The molecule has 0 N–H and O–H groups in total. The van der Waals surface area contributed by atoms with Gasteiger partial charge in [0.15, 0.2) is 5.69 Å². The Hall–Kier alpha value is -1.17. The molecular weight excluding hydrogens is 288 g/mol. The average Bonchev–Trinajstić information content (AvgIpc) is 2.28. The van der Waals surface area contributed by atoms with E-state index in [1.165, 1.54) is 0 Å². The summed E-state index contributed by atoms with van der Waals surface area (Å²) < 4.78 is -2.30. The minimum atomic E-state index is -2.30. The Morgan fingerprint density at radius 3 is 2.65 bits per heavy atom. The number of benzene rings is 1. The third-order valence-corrected chi connectivity index (χ3v) is 2.94. The molecule has 0 saturated heterocycles. The fraction of sp³-hybridized carbons (Fsp3) is 0.111. The lowest BCUT2D eigenvalue weighted by molar-refractivity contribution is -0.523. The molecule has 0 bridgehead atoms. The summed E-state index contributed by atoms with van der Waals surface area (Å²) in [6.07, 6.45) is 1.15. The summed E-state index contributed by atoms with van der Waals surface area (Å²) in [6.45, 7) is 0. The van der Waals surface area contributed by atoms with Gasteiger partial charge in [0.05, 0.1) is 22.2 Å². The van der Waals surface area contributed by atoms with E-state index in [1.54, 1.807) is 18.2 Å². The quantitative estimate of drug-likeness (QED) is 0.369. The molecule has 0 amide bonds. The molecule has 0 aliphatic heterocycles. The van der Waals surface area contributed by atoms with Crippen LogP contribution in [0, 0.1) is 10.1 Å². The molecule has 0 atom stereocenters. The first-order valence-corrected chi connectivity index (χ1v) is 5.50. The Balaban J connectivity index is 2.59. The fourth-order valence-electron chi connectivity index (χ4n) is 1.22. The van der Waals surface area contributed by atoms with E-state index in [9.17, 15) is 10.1 Å². The van der Waals surface area contributed by atoms with Gasteiger partial charge in [-0.3, -0.25) is 15.1 Å². The first-order chi connectivity index (χ1) is 7.91. The van der Waals surface area contributed by atoms with E-state index in [2.05, 4.69) is 9.97 Å². The second-order valence-corrected chi connectivity index (χ2v) is 4.91. The van der Waals surface area contributed by atoms with Crippen LogP contribution in [0.25, 0.3) is 11.0 Å². The number of hydrogen-bond acceptors (Lipinski definition) is 4. The van der Waals surface area contributed by atoms with Crippen molar-refractivity contribution in [2.24, 2.45) is 0 Å². The van der Waals surface area contributed by atoms with E-state index in [4.69, 9.17) is 34.8 Å². The standard InChI is InChI=1S/C9H4Cl3N3O2/c10-5-1-2-6-7(3-5)13-4-8(14-6)9(11,12)15(16)17/h1-4H. The van der Waals surface area contributed by atoms with Crippen LogP contribution in [0.1, 0.15) is 5.69 Å². The van der Waals surface area contributed by atoms with Gasteiger partial charge >= 0.3 is 4.46 Å². The molecule has 2 aromatic rings. The van der Waals surface area contributed by atoms with E-state index in [0.717, 1.165) is 6.20 Å². The SMILES string of the molecule is O=[N+]([O-])C(Cl)(Cl)c1cnc2cc(Cl)ccc2n1. The highest BCUT2D eigenvalue weighted by molar-refractivity contribution is 6.46. The average molecular weight is 293 g/mol. The van der Waals surface area contributed by atoms with Crippen molar-refractivity contribution in [3.63, 3.8) is 0 Å². The molecule has 0 radical (unpaired) electrons.